The Kier molecular flexibility index (Phi) is 7.62. The van der Waals surface area contributed by atoms with Crippen molar-refractivity contribution in [2.45, 2.75) is 97.4 Å². The zero-order valence-corrected chi connectivity index (χ0v) is 21.1. The molecule has 2 aliphatic heterocycles. The van der Waals surface area contributed by atoms with E-state index in [2.05, 4.69) is 25.8 Å². The predicted molar refractivity (Wildman–Crippen MR) is 126 cm³/mol. The first-order chi connectivity index (χ1) is 15.0. The van der Waals surface area contributed by atoms with E-state index in [1.165, 1.54) is 0 Å². The van der Waals surface area contributed by atoms with Crippen LogP contribution in [0.25, 0.3) is 6.08 Å². The molecule has 3 atom stereocenters. The van der Waals surface area contributed by atoms with Crippen LogP contribution in [0.4, 0.5) is 0 Å². The zero-order chi connectivity index (χ0) is 23.6. The second-order valence-electron chi connectivity index (χ2n) is 9.89. The number of ether oxygens (including phenoxy) is 3. The summed E-state index contributed by atoms with van der Waals surface area (Å²) in [7, 11) is 0. The van der Waals surface area contributed by atoms with E-state index in [4.69, 9.17) is 14.2 Å². The van der Waals surface area contributed by atoms with E-state index in [0.717, 1.165) is 29.1 Å². The minimum atomic E-state index is -0.924. The summed E-state index contributed by atoms with van der Waals surface area (Å²) in [6, 6.07) is 0. The molecule has 3 rings (SSSR count). The van der Waals surface area contributed by atoms with Gasteiger partial charge in [-0.25, -0.2) is 4.98 Å². The first-order valence-corrected chi connectivity index (χ1v) is 12.5. The molecule has 6 nitrogen and oxygen atoms in total. The van der Waals surface area contributed by atoms with Crippen molar-refractivity contribution in [2.24, 2.45) is 5.41 Å². The Morgan fingerprint density at radius 1 is 1.12 bits per heavy atom. The molecule has 2 aliphatic rings. The number of aromatic nitrogens is 1. The summed E-state index contributed by atoms with van der Waals surface area (Å²) in [6.07, 6.45) is 5.28. The van der Waals surface area contributed by atoms with Crippen LogP contribution in [0.15, 0.2) is 11.0 Å². The maximum Gasteiger partial charge on any atom is 0.306 e. The van der Waals surface area contributed by atoms with Crippen LogP contribution in [0.5, 0.6) is 0 Å². The Labute approximate surface area is 195 Å². The smallest absolute Gasteiger partial charge is 0.306 e. The molecule has 0 aliphatic carbocycles. The van der Waals surface area contributed by atoms with Crippen LogP contribution in [0.2, 0.25) is 0 Å². The molecule has 1 aromatic rings. The minimum Gasteiger partial charge on any atom is -0.454 e. The SMILES string of the molecule is CC(=Cc1csc(C)n1)C1(C)OC(=O)CCCC(=O)CCCCOCC2OC2(C)C1(C)C. The van der Waals surface area contributed by atoms with E-state index >= 15 is 0 Å². The van der Waals surface area contributed by atoms with Gasteiger partial charge in [-0.1, -0.05) is 13.8 Å². The average molecular weight is 464 g/mol. The second-order valence-corrected chi connectivity index (χ2v) is 11.0. The standard InChI is InChI=1S/C25H37NO5S/c1-17(14-19-16-32-18(2)26-19)24(5)23(3,4)25(6)21(30-25)15-29-13-8-7-10-20(27)11-9-12-22(28)31-24/h14,16,21H,7-13,15H2,1-6H3. The second kappa shape index (κ2) is 9.74. The Bertz CT molecular complexity index is 875. The van der Waals surface area contributed by atoms with Gasteiger partial charge in [0.25, 0.3) is 0 Å². The summed E-state index contributed by atoms with van der Waals surface area (Å²) >= 11 is 1.59. The van der Waals surface area contributed by atoms with Crippen molar-refractivity contribution in [1.82, 2.24) is 4.98 Å². The highest BCUT2D eigenvalue weighted by Gasteiger charge is 2.68. The fourth-order valence-electron chi connectivity index (χ4n) is 4.54. The minimum absolute atomic E-state index is 0.0700. The molecule has 0 amide bonds. The summed E-state index contributed by atoms with van der Waals surface area (Å²) < 4.78 is 18.3. The van der Waals surface area contributed by atoms with E-state index in [-0.39, 0.29) is 24.3 Å². The van der Waals surface area contributed by atoms with E-state index in [1.54, 1.807) is 11.3 Å². The van der Waals surface area contributed by atoms with Crippen LogP contribution in [0, 0.1) is 12.3 Å². The lowest BCUT2D eigenvalue weighted by atomic mass is 9.63. The number of carbonyl (C=O) groups is 2. The van der Waals surface area contributed by atoms with Crippen LogP contribution in [0.1, 0.15) is 83.8 Å². The van der Waals surface area contributed by atoms with Crippen molar-refractivity contribution in [3.8, 4) is 0 Å². The topological polar surface area (TPSA) is 78.0 Å². The molecular weight excluding hydrogens is 426 g/mol. The lowest BCUT2D eigenvalue weighted by Crippen LogP contribution is -2.55. The van der Waals surface area contributed by atoms with Crippen molar-refractivity contribution in [1.29, 1.82) is 0 Å². The summed E-state index contributed by atoms with van der Waals surface area (Å²) in [5.74, 6) is -0.0965. The Morgan fingerprint density at radius 3 is 2.53 bits per heavy atom. The van der Waals surface area contributed by atoms with Crippen molar-refractivity contribution in [2.75, 3.05) is 13.2 Å². The van der Waals surface area contributed by atoms with Crippen LogP contribution >= 0.6 is 11.3 Å². The fourth-order valence-corrected chi connectivity index (χ4v) is 5.11. The third-order valence-corrected chi connectivity index (χ3v) is 8.34. The molecule has 32 heavy (non-hydrogen) atoms. The van der Waals surface area contributed by atoms with E-state index in [1.807, 2.05) is 32.2 Å². The molecule has 0 aromatic carbocycles. The molecule has 7 heteroatoms. The third kappa shape index (κ3) is 5.15. The quantitative estimate of drug-likeness (QED) is 0.439. The summed E-state index contributed by atoms with van der Waals surface area (Å²) in [6.45, 7) is 13.3. The molecule has 2 saturated heterocycles. The van der Waals surface area contributed by atoms with Gasteiger partial charge in [-0.15, -0.1) is 11.3 Å². The molecule has 3 unspecified atom stereocenters. The van der Waals surface area contributed by atoms with Crippen LogP contribution < -0.4 is 0 Å². The summed E-state index contributed by atoms with van der Waals surface area (Å²) in [4.78, 5) is 29.6. The number of nitrogens with zero attached hydrogens (tertiary/aromatic N) is 1. The van der Waals surface area contributed by atoms with Gasteiger partial charge in [0.2, 0.25) is 0 Å². The number of Topliss-reactive ketones (excluding diaryl/α,β-unsaturated/α-hetero) is 1. The van der Waals surface area contributed by atoms with Crippen molar-refractivity contribution < 1.29 is 23.8 Å². The molecule has 0 spiro atoms. The predicted octanol–water partition coefficient (Wildman–Crippen LogP) is 5.28. The van der Waals surface area contributed by atoms with E-state index in [0.29, 0.717) is 32.5 Å². The maximum absolute atomic E-state index is 12.9. The van der Waals surface area contributed by atoms with Gasteiger partial charge >= 0.3 is 5.97 Å². The molecule has 3 heterocycles. The lowest BCUT2D eigenvalue weighted by molar-refractivity contribution is -0.170. The Balaban J connectivity index is 1.91. The number of ketones is 1. The highest BCUT2D eigenvalue weighted by molar-refractivity contribution is 7.09. The van der Waals surface area contributed by atoms with E-state index < -0.39 is 16.6 Å². The number of thiazole rings is 1. The van der Waals surface area contributed by atoms with Gasteiger partial charge in [-0.2, -0.15) is 0 Å². The Hall–Kier alpha value is -1.57. The zero-order valence-electron chi connectivity index (χ0n) is 20.3. The van der Waals surface area contributed by atoms with Gasteiger partial charge in [-0.05, 0) is 58.6 Å². The monoisotopic (exact) mass is 463 g/mol. The number of aryl methyl sites for hydroxylation is 1. The summed E-state index contributed by atoms with van der Waals surface area (Å²) in [5.41, 5.74) is -0.191. The number of rotatable bonds is 2. The van der Waals surface area contributed by atoms with Gasteiger partial charge < -0.3 is 14.2 Å². The third-order valence-electron chi connectivity index (χ3n) is 7.55. The average Bonchev–Trinajstić information content (AvgIpc) is 3.22. The number of fused-ring (bicyclic) bond motifs is 1. The molecule has 0 radical (unpaired) electrons. The van der Waals surface area contributed by atoms with E-state index in [9.17, 15) is 9.59 Å². The molecule has 0 bridgehead atoms. The molecule has 0 N–H and O–H groups in total. The summed E-state index contributed by atoms with van der Waals surface area (Å²) in [5, 5.41) is 2.99. The van der Waals surface area contributed by atoms with Crippen LogP contribution in [0.3, 0.4) is 0 Å². The largest absolute Gasteiger partial charge is 0.454 e. The molecular formula is C25H37NO5S. The van der Waals surface area contributed by atoms with Gasteiger partial charge in [0, 0.05) is 36.7 Å². The normalized spacial score (nSPS) is 32.8. The van der Waals surface area contributed by atoms with Crippen molar-refractivity contribution >= 4 is 29.2 Å². The van der Waals surface area contributed by atoms with Crippen molar-refractivity contribution in [3.63, 3.8) is 0 Å². The Morgan fingerprint density at radius 2 is 1.84 bits per heavy atom. The molecule has 0 saturated carbocycles. The van der Waals surface area contributed by atoms with Crippen LogP contribution in [-0.2, 0) is 23.8 Å². The number of hydrogen-bond donors (Lipinski definition) is 0. The van der Waals surface area contributed by atoms with Crippen molar-refractivity contribution in [3.05, 3.63) is 21.7 Å². The number of esters is 1. The highest BCUT2D eigenvalue weighted by atomic mass is 32.1. The molecule has 2 fully saturated rings. The first kappa shape index (κ1) is 25.1. The van der Waals surface area contributed by atoms with Gasteiger partial charge in [0.05, 0.1) is 17.3 Å². The number of epoxide rings is 1. The van der Waals surface area contributed by atoms with Gasteiger partial charge in [0.15, 0.2) is 0 Å². The number of hydrogen-bond acceptors (Lipinski definition) is 7. The highest BCUT2D eigenvalue weighted by Crippen LogP contribution is 2.58. The van der Waals surface area contributed by atoms with Crippen LogP contribution in [-0.4, -0.2) is 47.3 Å². The number of cyclic esters (lactones) is 1. The lowest BCUT2D eigenvalue weighted by Gasteiger charge is -2.47. The van der Waals surface area contributed by atoms with Gasteiger partial charge in [0.1, 0.15) is 23.1 Å². The fraction of sp³-hybridized carbons (Fsp3) is 0.720. The number of carbonyl (C=O) groups excluding carboxylic acids is 2. The van der Waals surface area contributed by atoms with Gasteiger partial charge in [-0.3, -0.25) is 9.59 Å². The molecule has 1 aromatic heterocycles. The maximum atomic E-state index is 12.9. The molecule has 178 valence electrons. The first-order valence-electron chi connectivity index (χ1n) is 11.6.